The summed E-state index contributed by atoms with van der Waals surface area (Å²) >= 11 is 6.30. The van der Waals surface area contributed by atoms with Crippen LogP contribution in [0.15, 0.2) is 91.0 Å². The second-order valence-electron chi connectivity index (χ2n) is 8.43. The molecular weight excluding hydrogens is 492 g/mol. The van der Waals surface area contributed by atoms with E-state index >= 15 is 0 Å². The average Bonchev–Trinajstić information content (AvgIpc) is 2.88. The Hall–Kier alpha value is -4.55. The quantitative estimate of drug-likeness (QED) is 0.137. The summed E-state index contributed by atoms with van der Waals surface area (Å²) in [5, 5.41) is 2.44. The highest BCUT2D eigenvalue weighted by atomic mass is 35.5. The van der Waals surface area contributed by atoms with Crippen LogP contribution in [0.2, 0.25) is 5.02 Å². The van der Waals surface area contributed by atoms with Gasteiger partial charge in [-0.05, 0) is 56.3 Å². The molecule has 5 aromatic rings. The number of hydrogen-bond donors (Lipinski definition) is 0. The molecule has 0 aromatic heterocycles. The van der Waals surface area contributed by atoms with E-state index in [1.165, 1.54) is 0 Å². The van der Waals surface area contributed by atoms with Gasteiger partial charge in [-0.1, -0.05) is 71.3 Å². The SMILES string of the molecule is Cc1ccc(OC(=O)Oc2c3ccccc3c(OC(=O)Oc3ccc(C)cc3)c3cc(Cl)ccc23)cc1. The molecule has 5 aromatic carbocycles. The lowest BCUT2D eigenvalue weighted by Crippen LogP contribution is -2.16. The van der Waals surface area contributed by atoms with Crippen molar-refractivity contribution in [2.45, 2.75) is 13.8 Å². The molecule has 0 spiro atoms. The summed E-state index contributed by atoms with van der Waals surface area (Å²) in [4.78, 5) is 25.5. The van der Waals surface area contributed by atoms with E-state index in [-0.39, 0.29) is 11.5 Å². The van der Waals surface area contributed by atoms with E-state index in [0.29, 0.717) is 38.1 Å². The molecule has 0 N–H and O–H groups in total. The standard InChI is InChI=1S/C30H21ClO6/c1-18-7-12-21(13-8-18)34-29(32)36-27-23-5-3-4-6-24(23)28(26-17-20(31)11-16-25(26)27)37-30(33)35-22-14-9-19(2)10-15-22/h3-17H,1-2H3. The smallest absolute Gasteiger partial charge is 0.395 e. The third-order valence-corrected chi connectivity index (χ3v) is 5.94. The third kappa shape index (κ3) is 5.34. The molecule has 6 nitrogen and oxygen atoms in total. The van der Waals surface area contributed by atoms with Crippen LogP contribution in [0.25, 0.3) is 21.5 Å². The molecule has 0 radical (unpaired) electrons. The molecule has 7 heteroatoms. The van der Waals surface area contributed by atoms with Crippen LogP contribution in [0.1, 0.15) is 11.1 Å². The molecule has 0 heterocycles. The summed E-state index contributed by atoms with van der Waals surface area (Å²) in [6.45, 7) is 3.87. The number of carbonyl (C=O) groups is 2. The Morgan fingerprint density at radius 2 is 0.973 bits per heavy atom. The summed E-state index contributed by atoms with van der Waals surface area (Å²) in [6.07, 6.45) is -1.82. The van der Waals surface area contributed by atoms with Gasteiger partial charge in [0.05, 0.1) is 0 Å². The van der Waals surface area contributed by atoms with Crippen molar-refractivity contribution in [2.75, 3.05) is 0 Å². The summed E-state index contributed by atoms with van der Waals surface area (Å²) in [6, 6.07) is 26.1. The van der Waals surface area contributed by atoms with Gasteiger partial charge in [-0.15, -0.1) is 0 Å². The largest absolute Gasteiger partial charge is 0.519 e. The molecule has 37 heavy (non-hydrogen) atoms. The lowest BCUT2D eigenvalue weighted by Gasteiger charge is -2.16. The molecule has 0 atom stereocenters. The Balaban J connectivity index is 1.54. The van der Waals surface area contributed by atoms with Crippen molar-refractivity contribution in [3.8, 4) is 23.0 Å². The minimum atomic E-state index is -0.914. The number of fused-ring (bicyclic) bond motifs is 2. The van der Waals surface area contributed by atoms with Gasteiger partial charge in [0.15, 0.2) is 5.75 Å². The van der Waals surface area contributed by atoms with E-state index in [0.717, 1.165) is 11.1 Å². The first-order valence-corrected chi connectivity index (χ1v) is 11.8. The monoisotopic (exact) mass is 512 g/mol. The predicted molar refractivity (Wildman–Crippen MR) is 142 cm³/mol. The number of ether oxygens (including phenoxy) is 4. The zero-order chi connectivity index (χ0) is 25.9. The third-order valence-electron chi connectivity index (χ3n) is 5.70. The second kappa shape index (κ2) is 10.2. The van der Waals surface area contributed by atoms with E-state index in [1.54, 1.807) is 66.7 Å². The normalized spacial score (nSPS) is 10.8. The first-order chi connectivity index (χ1) is 17.9. The summed E-state index contributed by atoms with van der Waals surface area (Å²) < 4.78 is 22.2. The van der Waals surface area contributed by atoms with Crippen LogP contribution in [0.3, 0.4) is 0 Å². The van der Waals surface area contributed by atoms with Gasteiger partial charge in [-0.2, -0.15) is 0 Å². The minimum absolute atomic E-state index is 0.226. The maximum absolute atomic E-state index is 12.7. The Kier molecular flexibility index (Phi) is 6.66. The van der Waals surface area contributed by atoms with E-state index < -0.39 is 12.3 Å². The molecule has 0 aliphatic rings. The van der Waals surface area contributed by atoms with Gasteiger partial charge >= 0.3 is 12.3 Å². The number of hydrogen-bond acceptors (Lipinski definition) is 6. The number of rotatable bonds is 4. The van der Waals surface area contributed by atoms with Gasteiger partial charge in [0.1, 0.15) is 17.2 Å². The Morgan fingerprint density at radius 3 is 1.46 bits per heavy atom. The molecule has 5 rings (SSSR count). The first-order valence-electron chi connectivity index (χ1n) is 11.4. The molecule has 0 aliphatic carbocycles. The lowest BCUT2D eigenvalue weighted by atomic mass is 10.0. The Morgan fingerprint density at radius 1 is 0.541 bits per heavy atom. The van der Waals surface area contributed by atoms with Crippen LogP contribution >= 0.6 is 11.6 Å². The van der Waals surface area contributed by atoms with Gasteiger partial charge in [0, 0.05) is 26.6 Å². The molecule has 0 aliphatic heterocycles. The fourth-order valence-corrected chi connectivity index (χ4v) is 4.08. The van der Waals surface area contributed by atoms with Crippen LogP contribution in [0.5, 0.6) is 23.0 Å². The molecule has 0 amide bonds. The maximum Gasteiger partial charge on any atom is 0.519 e. The van der Waals surface area contributed by atoms with Gasteiger partial charge in [0.25, 0.3) is 0 Å². The Bertz CT molecular complexity index is 1630. The summed E-state index contributed by atoms with van der Waals surface area (Å²) in [5.41, 5.74) is 2.06. The van der Waals surface area contributed by atoms with Crippen molar-refractivity contribution in [3.05, 3.63) is 107 Å². The van der Waals surface area contributed by atoms with Crippen LogP contribution in [-0.2, 0) is 0 Å². The maximum atomic E-state index is 12.7. The second-order valence-corrected chi connectivity index (χ2v) is 8.86. The highest BCUT2D eigenvalue weighted by Gasteiger charge is 2.22. The molecule has 0 unspecified atom stereocenters. The van der Waals surface area contributed by atoms with Crippen molar-refractivity contribution in [1.82, 2.24) is 0 Å². The molecule has 0 bridgehead atoms. The van der Waals surface area contributed by atoms with Crippen molar-refractivity contribution in [1.29, 1.82) is 0 Å². The van der Waals surface area contributed by atoms with Crippen LogP contribution in [-0.4, -0.2) is 12.3 Å². The zero-order valence-electron chi connectivity index (χ0n) is 20.0. The van der Waals surface area contributed by atoms with Gasteiger partial charge in [0.2, 0.25) is 0 Å². The van der Waals surface area contributed by atoms with Crippen molar-refractivity contribution in [3.63, 3.8) is 0 Å². The number of carbonyl (C=O) groups excluding carboxylic acids is 2. The van der Waals surface area contributed by atoms with E-state index in [2.05, 4.69) is 0 Å². The fraction of sp³-hybridized carbons (Fsp3) is 0.0667. The van der Waals surface area contributed by atoms with Crippen LogP contribution in [0.4, 0.5) is 9.59 Å². The van der Waals surface area contributed by atoms with Crippen molar-refractivity contribution in [2.24, 2.45) is 0 Å². The predicted octanol–water partition coefficient (Wildman–Crippen LogP) is 8.42. The first kappa shape index (κ1) is 24.2. The Labute approximate surface area is 217 Å². The molecular formula is C30H21ClO6. The minimum Gasteiger partial charge on any atom is -0.395 e. The molecule has 0 fully saturated rings. The summed E-state index contributed by atoms with van der Waals surface area (Å²) in [5.74, 6) is 1.18. The zero-order valence-corrected chi connectivity index (χ0v) is 20.7. The highest BCUT2D eigenvalue weighted by molar-refractivity contribution is 6.31. The lowest BCUT2D eigenvalue weighted by molar-refractivity contribution is 0.151. The van der Waals surface area contributed by atoms with E-state index in [9.17, 15) is 9.59 Å². The number of benzene rings is 5. The van der Waals surface area contributed by atoms with E-state index in [1.807, 2.05) is 38.1 Å². The van der Waals surface area contributed by atoms with Gasteiger partial charge < -0.3 is 18.9 Å². The van der Waals surface area contributed by atoms with Crippen LogP contribution < -0.4 is 18.9 Å². The topological polar surface area (TPSA) is 71.1 Å². The average molecular weight is 513 g/mol. The number of halogens is 1. The molecule has 0 saturated heterocycles. The molecule has 184 valence electrons. The van der Waals surface area contributed by atoms with Crippen molar-refractivity contribution < 1.29 is 28.5 Å². The van der Waals surface area contributed by atoms with Gasteiger partial charge in [-0.3, -0.25) is 0 Å². The van der Waals surface area contributed by atoms with Crippen molar-refractivity contribution >= 4 is 45.5 Å². The van der Waals surface area contributed by atoms with Gasteiger partial charge in [-0.25, -0.2) is 9.59 Å². The summed E-state index contributed by atoms with van der Waals surface area (Å²) in [7, 11) is 0. The fourth-order valence-electron chi connectivity index (χ4n) is 3.90. The van der Waals surface area contributed by atoms with Crippen LogP contribution in [0, 0.1) is 13.8 Å². The van der Waals surface area contributed by atoms with E-state index in [4.69, 9.17) is 30.5 Å². The highest BCUT2D eigenvalue weighted by Crippen LogP contribution is 2.44. The number of aryl methyl sites for hydroxylation is 2. The molecule has 0 saturated carbocycles.